The summed E-state index contributed by atoms with van der Waals surface area (Å²) in [5, 5.41) is 12.0. The number of nitro benzene ring substituents is 1. The largest absolute Gasteiger partial charge is 0.454 e. The molecule has 2 aromatic rings. The number of ketones is 1. The van der Waals surface area contributed by atoms with Gasteiger partial charge in [0.05, 0.1) is 33.7 Å². The number of nitrogens with zero attached hydrogens (tertiary/aromatic N) is 2. The van der Waals surface area contributed by atoms with Gasteiger partial charge in [0, 0.05) is 24.7 Å². The molecule has 1 aliphatic heterocycles. The summed E-state index contributed by atoms with van der Waals surface area (Å²) >= 11 is 11.7. The molecule has 1 saturated heterocycles. The normalized spacial score (nSPS) is 13.8. The van der Waals surface area contributed by atoms with E-state index < -0.39 is 23.3 Å². The van der Waals surface area contributed by atoms with Crippen molar-refractivity contribution >= 4 is 46.3 Å². The van der Waals surface area contributed by atoms with Crippen LogP contribution in [0, 0.1) is 10.1 Å². The molecule has 0 radical (unpaired) electrons. The van der Waals surface area contributed by atoms with E-state index in [0.29, 0.717) is 37.0 Å². The molecule has 0 unspecified atom stereocenters. The van der Waals surface area contributed by atoms with Gasteiger partial charge in [0.25, 0.3) is 5.69 Å². The standard InChI is InChI=1S/C19H16Cl2N2O6/c20-14-3-1-12(9-15(14)21)18(24)11-29-19(25)13-2-4-16(17(10-13)23(26)27)22-5-7-28-8-6-22/h1-4,9-10H,5-8,11H2. The summed E-state index contributed by atoms with van der Waals surface area (Å²) in [5.74, 6) is -1.31. The van der Waals surface area contributed by atoms with Crippen molar-refractivity contribution in [3.8, 4) is 0 Å². The first-order valence-electron chi connectivity index (χ1n) is 8.63. The van der Waals surface area contributed by atoms with Crippen LogP contribution >= 0.6 is 23.2 Å². The molecule has 1 fully saturated rings. The molecule has 0 aromatic heterocycles. The fraction of sp³-hybridized carbons (Fsp3) is 0.263. The molecular formula is C19H16Cl2N2O6. The molecule has 152 valence electrons. The first-order valence-corrected chi connectivity index (χ1v) is 9.39. The van der Waals surface area contributed by atoms with Crippen molar-refractivity contribution in [3.63, 3.8) is 0 Å². The highest BCUT2D eigenvalue weighted by molar-refractivity contribution is 6.42. The Kier molecular flexibility index (Phi) is 6.68. The minimum atomic E-state index is -0.838. The van der Waals surface area contributed by atoms with Crippen molar-refractivity contribution in [3.05, 3.63) is 67.7 Å². The van der Waals surface area contributed by atoms with E-state index in [1.165, 1.54) is 30.3 Å². The van der Waals surface area contributed by atoms with E-state index in [1.54, 1.807) is 0 Å². The number of rotatable bonds is 6. The zero-order valence-electron chi connectivity index (χ0n) is 15.1. The lowest BCUT2D eigenvalue weighted by atomic mass is 10.1. The van der Waals surface area contributed by atoms with Crippen molar-refractivity contribution < 1.29 is 24.0 Å². The van der Waals surface area contributed by atoms with Crippen LogP contribution in [0.3, 0.4) is 0 Å². The minimum absolute atomic E-state index is 0.0179. The zero-order chi connectivity index (χ0) is 21.0. The van der Waals surface area contributed by atoms with Crippen LogP contribution in [0.5, 0.6) is 0 Å². The average Bonchev–Trinajstić information content (AvgIpc) is 2.73. The summed E-state index contributed by atoms with van der Waals surface area (Å²) in [6, 6.07) is 8.39. The number of morpholine rings is 1. The quantitative estimate of drug-likeness (QED) is 0.292. The van der Waals surface area contributed by atoms with Gasteiger partial charge in [-0.25, -0.2) is 4.79 Å². The zero-order valence-corrected chi connectivity index (χ0v) is 16.6. The third-order valence-corrected chi connectivity index (χ3v) is 5.07. The highest BCUT2D eigenvalue weighted by Crippen LogP contribution is 2.30. The van der Waals surface area contributed by atoms with Gasteiger partial charge in [-0.2, -0.15) is 0 Å². The number of carbonyl (C=O) groups is 2. The lowest BCUT2D eigenvalue weighted by Gasteiger charge is -2.28. The monoisotopic (exact) mass is 438 g/mol. The topological polar surface area (TPSA) is 99.0 Å². The predicted molar refractivity (Wildman–Crippen MR) is 107 cm³/mol. The predicted octanol–water partition coefficient (Wildman–Crippen LogP) is 3.78. The van der Waals surface area contributed by atoms with Gasteiger partial charge in [0.2, 0.25) is 0 Å². The Balaban J connectivity index is 1.71. The summed E-state index contributed by atoms with van der Waals surface area (Å²) in [5.41, 5.74) is 0.412. The molecule has 0 atom stereocenters. The maximum Gasteiger partial charge on any atom is 0.338 e. The fourth-order valence-electron chi connectivity index (χ4n) is 2.84. The maximum absolute atomic E-state index is 12.3. The van der Waals surface area contributed by atoms with Gasteiger partial charge in [-0.1, -0.05) is 23.2 Å². The summed E-state index contributed by atoms with van der Waals surface area (Å²) in [4.78, 5) is 37.2. The molecule has 0 amide bonds. The van der Waals surface area contributed by atoms with E-state index in [2.05, 4.69) is 0 Å². The van der Waals surface area contributed by atoms with Gasteiger partial charge in [0.1, 0.15) is 5.69 Å². The Morgan fingerprint density at radius 3 is 2.41 bits per heavy atom. The molecule has 0 aliphatic carbocycles. The molecule has 1 aliphatic rings. The van der Waals surface area contributed by atoms with E-state index in [1.807, 2.05) is 4.90 Å². The summed E-state index contributed by atoms with van der Waals surface area (Å²) < 4.78 is 10.3. The van der Waals surface area contributed by atoms with Crippen LogP contribution in [0.4, 0.5) is 11.4 Å². The van der Waals surface area contributed by atoms with Crippen LogP contribution in [-0.4, -0.2) is 49.6 Å². The van der Waals surface area contributed by atoms with Crippen molar-refractivity contribution in [1.29, 1.82) is 0 Å². The van der Waals surface area contributed by atoms with Crippen LogP contribution in [0.25, 0.3) is 0 Å². The van der Waals surface area contributed by atoms with E-state index in [4.69, 9.17) is 32.7 Å². The number of carbonyl (C=O) groups excluding carboxylic acids is 2. The summed E-state index contributed by atoms with van der Waals surface area (Å²) in [7, 11) is 0. The Morgan fingerprint density at radius 2 is 1.76 bits per heavy atom. The second kappa shape index (κ2) is 9.21. The summed E-state index contributed by atoms with van der Waals surface area (Å²) in [6.45, 7) is 1.44. The lowest BCUT2D eigenvalue weighted by molar-refractivity contribution is -0.384. The number of benzene rings is 2. The third-order valence-electron chi connectivity index (χ3n) is 4.34. The number of anilines is 1. The summed E-state index contributed by atoms with van der Waals surface area (Å²) in [6.07, 6.45) is 0. The van der Waals surface area contributed by atoms with Crippen molar-refractivity contribution in [2.45, 2.75) is 0 Å². The van der Waals surface area contributed by atoms with Gasteiger partial charge >= 0.3 is 5.97 Å². The Labute approximate surface area is 176 Å². The fourth-order valence-corrected chi connectivity index (χ4v) is 3.13. The highest BCUT2D eigenvalue weighted by Gasteiger charge is 2.24. The van der Waals surface area contributed by atoms with Crippen molar-refractivity contribution in [1.82, 2.24) is 0 Å². The molecular weight excluding hydrogens is 423 g/mol. The Hall–Kier alpha value is -2.68. The Morgan fingerprint density at radius 1 is 1.07 bits per heavy atom. The SMILES string of the molecule is O=C(COC(=O)c1ccc(N2CCOCC2)c([N+](=O)[O-])c1)c1ccc(Cl)c(Cl)c1. The van der Waals surface area contributed by atoms with Crippen molar-refractivity contribution in [2.75, 3.05) is 37.8 Å². The molecule has 0 N–H and O–H groups in total. The van der Waals surface area contributed by atoms with Crippen molar-refractivity contribution in [2.24, 2.45) is 0 Å². The van der Waals surface area contributed by atoms with Crippen LogP contribution in [0.1, 0.15) is 20.7 Å². The number of hydrogen-bond acceptors (Lipinski definition) is 7. The molecule has 1 heterocycles. The smallest absolute Gasteiger partial charge is 0.338 e. The maximum atomic E-state index is 12.3. The van der Waals surface area contributed by atoms with Gasteiger partial charge < -0.3 is 14.4 Å². The molecule has 29 heavy (non-hydrogen) atoms. The van der Waals surface area contributed by atoms with E-state index >= 15 is 0 Å². The van der Waals surface area contributed by atoms with Gasteiger partial charge in [-0.15, -0.1) is 0 Å². The van der Waals surface area contributed by atoms with E-state index in [-0.39, 0.29) is 21.8 Å². The van der Waals surface area contributed by atoms with Crippen LogP contribution < -0.4 is 4.90 Å². The average molecular weight is 439 g/mol. The molecule has 2 aromatic carbocycles. The lowest BCUT2D eigenvalue weighted by Crippen LogP contribution is -2.36. The molecule has 8 nitrogen and oxygen atoms in total. The van der Waals surface area contributed by atoms with E-state index in [9.17, 15) is 19.7 Å². The molecule has 0 spiro atoms. The number of esters is 1. The second-order valence-corrected chi connectivity index (χ2v) is 7.00. The first kappa shape index (κ1) is 21.0. The first-order chi connectivity index (χ1) is 13.9. The molecule has 3 rings (SSSR count). The molecule has 0 bridgehead atoms. The number of nitro groups is 1. The second-order valence-electron chi connectivity index (χ2n) is 6.19. The third kappa shape index (κ3) is 5.03. The number of hydrogen-bond donors (Lipinski definition) is 0. The van der Waals surface area contributed by atoms with Crippen LogP contribution in [0.15, 0.2) is 36.4 Å². The Bertz CT molecular complexity index is 960. The molecule has 0 saturated carbocycles. The number of ether oxygens (including phenoxy) is 2. The minimum Gasteiger partial charge on any atom is -0.454 e. The van der Waals surface area contributed by atoms with Gasteiger partial charge in [-0.3, -0.25) is 14.9 Å². The highest BCUT2D eigenvalue weighted by atomic mass is 35.5. The van der Waals surface area contributed by atoms with Gasteiger partial charge in [0.15, 0.2) is 12.4 Å². The van der Waals surface area contributed by atoms with Crippen LogP contribution in [-0.2, 0) is 9.47 Å². The van der Waals surface area contributed by atoms with Gasteiger partial charge in [-0.05, 0) is 30.3 Å². The van der Waals surface area contributed by atoms with Crippen LogP contribution in [0.2, 0.25) is 10.0 Å². The number of halogens is 2. The number of Topliss-reactive ketones (excluding diaryl/α,β-unsaturated/α-hetero) is 1. The van der Waals surface area contributed by atoms with E-state index in [0.717, 1.165) is 6.07 Å². The molecule has 10 heteroatoms.